The fourth-order valence-electron chi connectivity index (χ4n) is 3.49. The van der Waals surface area contributed by atoms with E-state index in [1.165, 1.54) is 0 Å². The Morgan fingerprint density at radius 3 is 2.54 bits per heavy atom. The molecular formula is C23H23ClN4. The van der Waals surface area contributed by atoms with E-state index in [2.05, 4.69) is 53.1 Å². The van der Waals surface area contributed by atoms with Crippen LogP contribution in [0.3, 0.4) is 0 Å². The van der Waals surface area contributed by atoms with Crippen LogP contribution in [0, 0.1) is 0 Å². The molecule has 0 N–H and O–H groups in total. The fourth-order valence-corrected chi connectivity index (χ4v) is 3.61. The second kappa shape index (κ2) is 8.13. The number of aliphatic imine (C=N–C) groups is 1. The lowest BCUT2D eigenvalue weighted by molar-refractivity contribution is 0.402. The second-order valence-corrected chi connectivity index (χ2v) is 7.58. The largest absolute Gasteiger partial charge is 0.324 e. The number of benzene rings is 2. The van der Waals surface area contributed by atoms with E-state index >= 15 is 0 Å². The molecular weight excluding hydrogens is 368 g/mol. The quantitative estimate of drug-likeness (QED) is 0.591. The lowest BCUT2D eigenvalue weighted by Gasteiger charge is -2.26. The van der Waals surface area contributed by atoms with Crippen molar-refractivity contribution in [3.8, 4) is 0 Å². The van der Waals surface area contributed by atoms with Crippen LogP contribution in [0.4, 0.5) is 17.2 Å². The Kier molecular flexibility index (Phi) is 5.42. The molecule has 1 aromatic heterocycles. The zero-order valence-electron chi connectivity index (χ0n) is 16.1. The topological polar surface area (TPSA) is 31.7 Å². The molecule has 0 radical (unpaired) electrons. The Labute approximate surface area is 171 Å². The Hall–Kier alpha value is -2.69. The molecule has 0 fully saturated rings. The summed E-state index contributed by atoms with van der Waals surface area (Å²) < 4.78 is 0. The highest BCUT2D eigenvalue weighted by molar-refractivity contribution is 6.30. The number of hydrogen-bond acceptors (Lipinski definition) is 4. The number of pyridine rings is 1. The number of rotatable bonds is 5. The van der Waals surface area contributed by atoms with Crippen LogP contribution in [-0.2, 0) is 0 Å². The highest BCUT2D eigenvalue weighted by Crippen LogP contribution is 2.39. The smallest absolute Gasteiger partial charge is 0.159 e. The zero-order valence-corrected chi connectivity index (χ0v) is 16.9. The maximum Gasteiger partial charge on any atom is 0.159 e. The van der Waals surface area contributed by atoms with E-state index in [0.29, 0.717) is 0 Å². The monoisotopic (exact) mass is 390 g/mol. The first-order valence-corrected chi connectivity index (χ1v) is 9.82. The molecule has 0 amide bonds. The van der Waals surface area contributed by atoms with E-state index in [0.717, 1.165) is 58.6 Å². The molecule has 1 aliphatic rings. The lowest BCUT2D eigenvalue weighted by Crippen LogP contribution is -2.24. The van der Waals surface area contributed by atoms with Crippen molar-refractivity contribution in [2.75, 3.05) is 32.1 Å². The normalized spacial score (nSPS) is 13.0. The molecule has 4 nitrogen and oxygen atoms in total. The van der Waals surface area contributed by atoms with Gasteiger partial charge in [-0.1, -0.05) is 41.9 Å². The van der Waals surface area contributed by atoms with Crippen molar-refractivity contribution in [2.24, 2.45) is 4.99 Å². The summed E-state index contributed by atoms with van der Waals surface area (Å²) >= 11 is 6.11. The number of nitrogens with zero attached hydrogens (tertiary/aromatic N) is 4. The van der Waals surface area contributed by atoms with Crippen LogP contribution in [0.2, 0.25) is 5.02 Å². The third-order valence-corrected chi connectivity index (χ3v) is 5.06. The van der Waals surface area contributed by atoms with Crippen molar-refractivity contribution in [3.63, 3.8) is 0 Å². The minimum absolute atomic E-state index is 0.721. The summed E-state index contributed by atoms with van der Waals surface area (Å²) in [5.74, 6) is 0.901. The number of aromatic nitrogens is 1. The van der Waals surface area contributed by atoms with Gasteiger partial charge in [-0.15, -0.1) is 0 Å². The summed E-state index contributed by atoms with van der Waals surface area (Å²) in [6.07, 6.45) is 2.87. The van der Waals surface area contributed by atoms with Gasteiger partial charge in [-0.25, -0.2) is 9.98 Å². The molecule has 0 saturated heterocycles. The predicted molar refractivity (Wildman–Crippen MR) is 118 cm³/mol. The van der Waals surface area contributed by atoms with Crippen molar-refractivity contribution < 1.29 is 0 Å². The van der Waals surface area contributed by atoms with Gasteiger partial charge in [0.15, 0.2) is 5.82 Å². The average Bonchev–Trinajstić information content (AvgIpc) is 2.84. The third-order valence-electron chi connectivity index (χ3n) is 4.81. The summed E-state index contributed by atoms with van der Waals surface area (Å²) in [5, 5.41) is 0.721. The van der Waals surface area contributed by atoms with Gasteiger partial charge >= 0.3 is 0 Å². The summed E-state index contributed by atoms with van der Waals surface area (Å²) in [6, 6.07) is 20.3. The molecule has 4 rings (SSSR count). The molecule has 0 spiro atoms. The van der Waals surface area contributed by atoms with Crippen LogP contribution < -0.4 is 4.90 Å². The molecule has 0 saturated carbocycles. The molecule has 2 aromatic carbocycles. The summed E-state index contributed by atoms with van der Waals surface area (Å²) in [7, 11) is 4.20. The van der Waals surface area contributed by atoms with Crippen molar-refractivity contribution in [1.29, 1.82) is 0 Å². The second-order valence-electron chi connectivity index (χ2n) is 7.14. The summed E-state index contributed by atoms with van der Waals surface area (Å²) in [5.41, 5.74) is 5.10. The number of anilines is 2. The molecule has 1 aliphatic heterocycles. The van der Waals surface area contributed by atoms with Crippen molar-refractivity contribution >= 4 is 34.5 Å². The maximum absolute atomic E-state index is 6.11. The Morgan fingerprint density at radius 1 is 0.964 bits per heavy atom. The highest BCUT2D eigenvalue weighted by Gasteiger charge is 2.24. The molecule has 5 heteroatoms. The molecule has 0 bridgehead atoms. The van der Waals surface area contributed by atoms with E-state index in [9.17, 15) is 0 Å². The first-order valence-electron chi connectivity index (χ1n) is 9.45. The number of para-hydroxylation sites is 1. The van der Waals surface area contributed by atoms with Gasteiger partial charge in [-0.3, -0.25) is 0 Å². The van der Waals surface area contributed by atoms with Crippen molar-refractivity contribution in [1.82, 2.24) is 9.88 Å². The Balaban J connectivity index is 1.85. The van der Waals surface area contributed by atoms with E-state index in [4.69, 9.17) is 16.6 Å². The molecule has 2 heterocycles. The van der Waals surface area contributed by atoms with Gasteiger partial charge in [0.05, 0.1) is 11.4 Å². The van der Waals surface area contributed by atoms with Gasteiger partial charge in [0.1, 0.15) is 5.69 Å². The third kappa shape index (κ3) is 3.79. The zero-order chi connectivity index (χ0) is 19.5. The minimum atomic E-state index is 0.721. The molecule has 28 heavy (non-hydrogen) atoms. The molecule has 0 aliphatic carbocycles. The highest BCUT2D eigenvalue weighted by atomic mass is 35.5. The van der Waals surface area contributed by atoms with E-state index in [1.54, 1.807) is 0 Å². The maximum atomic E-state index is 6.11. The molecule has 0 unspecified atom stereocenters. The van der Waals surface area contributed by atoms with Crippen molar-refractivity contribution in [3.05, 3.63) is 83.0 Å². The molecule has 3 aromatic rings. The van der Waals surface area contributed by atoms with Gasteiger partial charge < -0.3 is 9.80 Å². The van der Waals surface area contributed by atoms with Crippen LogP contribution in [0.5, 0.6) is 0 Å². The van der Waals surface area contributed by atoms with E-state index < -0.39 is 0 Å². The van der Waals surface area contributed by atoms with Gasteiger partial charge in [0.2, 0.25) is 0 Å². The first kappa shape index (κ1) is 18.7. The van der Waals surface area contributed by atoms with Gasteiger partial charge in [0, 0.05) is 28.9 Å². The van der Waals surface area contributed by atoms with E-state index in [1.807, 2.05) is 42.6 Å². The summed E-state index contributed by atoms with van der Waals surface area (Å²) in [6.45, 7) is 1.90. The molecule has 0 atom stereocenters. The Morgan fingerprint density at radius 2 is 1.75 bits per heavy atom. The van der Waals surface area contributed by atoms with Gasteiger partial charge in [-0.2, -0.15) is 0 Å². The van der Waals surface area contributed by atoms with Crippen molar-refractivity contribution in [2.45, 2.75) is 6.42 Å². The van der Waals surface area contributed by atoms with Crippen LogP contribution >= 0.6 is 11.6 Å². The van der Waals surface area contributed by atoms with Gasteiger partial charge in [-0.05, 0) is 57.4 Å². The Bertz CT molecular complexity index is 995. The number of halogens is 1. The fraction of sp³-hybridized carbons (Fsp3) is 0.217. The van der Waals surface area contributed by atoms with Crippen LogP contribution in [0.15, 0.2) is 71.9 Å². The van der Waals surface area contributed by atoms with Gasteiger partial charge in [0.25, 0.3) is 0 Å². The molecule has 142 valence electrons. The number of hydrogen-bond donors (Lipinski definition) is 0. The van der Waals surface area contributed by atoms with Crippen LogP contribution in [0.1, 0.15) is 17.5 Å². The number of fused-ring (bicyclic) bond motifs is 2. The SMILES string of the molecule is CN(C)CCCN1c2ccccc2C(c2ccc(Cl)cc2)=Nc2cccnc21. The van der Waals surface area contributed by atoms with Crippen LogP contribution in [-0.4, -0.2) is 42.8 Å². The van der Waals surface area contributed by atoms with Crippen LogP contribution in [0.25, 0.3) is 0 Å². The average molecular weight is 391 g/mol. The predicted octanol–water partition coefficient (Wildman–Crippen LogP) is 5.31. The minimum Gasteiger partial charge on any atom is -0.324 e. The lowest BCUT2D eigenvalue weighted by atomic mass is 10.00. The van der Waals surface area contributed by atoms with E-state index in [-0.39, 0.29) is 0 Å². The summed E-state index contributed by atoms with van der Waals surface area (Å²) in [4.78, 5) is 14.2. The first-order chi connectivity index (χ1) is 13.6. The standard InChI is InChI=1S/C23H23ClN4/c1-27(2)15-6-16-28-21-9-4-3-7-19(21)22(17-10-12-18(24)13-11-17)26-20-8-5-14-25-23(20)28/h3-5,7-14H,6,15-16H2,1-2H3.